The Balaban J connectivity index is 2.07. The van der Waals surface area contributed by atoms with Crippen molar-refractivity contribution in [1.82, 2.24) is 10.6 Å². The molecule has 0 aliphatic heterocycles. The van der Waals surface area contributed by atoms with Gasteiger partial charge in [-0.3, -0.25) is 9.59 Å². The first-order valence-electron chi connectivity index (χ1n) is 7.45. The fourth-order valence-electron chi connectivity index (χ4n) is 2.16. The van der Waals surface area contributed by atoms with E-state index in [0.717, 1.165) is 18.2 Å². The standard InChI is InChI=1S/C17H18F2N2O3/c1-10(2)15(17(23)20-9-11-5-4-8-24-11)21-16(22)14-12(18)6-3-7-13(14)19/h3-8,10,15H,9H2,1-2H3,(H,20,23)(H,21,22)/t15-/m1/s1. The summed E-state index contributed by atoms with van der Waals surface area (Å²) in [6, 6.07) is 5.57. The van der Waals surface area contributed by atoms with Crippen molar-refractivity contribution in [2.45, 2.75) is 26.4 Å². The van der Waals surface area contributed by atoms with Gasteiger partial charge in [-0.05, 0) is 30.2 Å². The summed E-state index contributed by atoms with van der Waals surface area (Å²) in [4.78, 5) is 24.4. The van der Waals surface area contributed by atoms with Gasteiger partial charge in [0.15, 0.2) is 0 Å². The molecule has 5 nitrogen and oxygen atoms in total. The number of carbonyl (C=O) groups excluding carboxylic acids is 2. The van der Waals surface area contributed by atoms with Crippen molar-refractivity contribution in [2.75, 3.05) is 0 Å². The van der Waals surface area contributed by atoms with Crippen LogP contribution in [0.4, 0.5) is 8.78 Å². The Kier molecular flexibility index (Phi) is 5.68. The van der Waals surface area contributed by atoms with E-state index in [4.69, 9.17) is 4.42 Å². The Morgan fingerprint density at radius 1 is 1.12 bits per heavy atom. The van der Waals surface area contributed by atoms with Crippen LogP contribution in [0.15, 0.2) is 41.0 Å². The lowest BCUT2D eigenvalue weighted by molar-refractivity contribution is -0.124. The molecule has 0 aliphatic carbocycles. The fraction of sp³-hybridized carbons (Fsp3) is 0.294. The van der Waals surface area contributed by atoms with E-state index in [-0.39, 0.29) is 12.5 Å². The molecule has 0 saturated heterocycles. The number of benzene rings is 1. The maximum absolute atomic E-state index is 13.7. The predicted molar refractivity (Wildman–Crippen MR) is 83.0 cm³/mol. The highest BCUT2D eigenvalue weighted by atomic mass is 19.1. The molecule has 2 amide bonds. The Morgan fingerprint density at radius 2 is 1.79 bits per heavy atom. The summed E-state index contributed by atoms with van der Waals surface area (Å²) in [5.41, 5.74) is -0.706. The van der Waals surface area contributed by atoms with Crippen LogP contribution in [0.2, 0.25) is 0 Å². The largest absolute Gasteiger partial charge is 0.467 e. The molecule has 2 rings (SSSR count). The lowest BCUT2D eigenvalue weighted by Crippen LogP contribution is -2.49. The predicted octanol–water partition coefficient (Wildman–Crippen LogP) is 2.63. The van der Waals surface area contributed by atoms with E-state index in [9.17, 15) is 18.4 Å². The van der Waals surface area contributed by atoms with Crippen molar-refractivity contribution in [3.8, 4) is 0 Å². The molecule has 1 aromatic carbocycles. The molecule has 2 aromatic rings. The van der Waals surface area contributed by atoms with Crippen molar-refractivity contribution >= 4 is 11.8 Å². The van der Waals surface area contributed by atoms with Gasteiger partial charge in [-0.2, -0.15) is 0 Å². The molecular formula is C17H18F2N2O3. The molecule has 1 atom stereocenters. The summed E-state index contributed by atoms with van der Waals surface area (Å²) in [7, 11) is 0. The monoisotopic (exact) mass is 336 g/mol. The van der Waals surface area contributed by atoms with Crippen LogP contribution in [0.5, 0.6) is 0 Å². The lowest BCUT2D eigenvalue weighted by atomic mass is 10.0. The average molecular weight is 336 g/mol. The molecule has 0 radical (unpaired) electrons. The molecule has 24 heavy (non-hydrogen) atoms. The Hall–Kier alpha value is -2.70. The normalized spacial score (nSPS) is 12.0. The van der Waals surface area contributed by atoms with E-state index in [0.29, 0.717) is 5.76 Å². The third-order valence-corrected chi connectivity index (χ3v) is 3.44. The van der Waals surface area contributed by atoms with Crippen LogP contribution in [0.3, 0.4) is 0 Å². The zero-order valence-corrected chi connectivity index (χ0v) is 13.3. The molecule has 2 N–H and O–H groups in total. The van der Waals surface area contributed by atoms with Crippen LogP contribution in [-0.2, 0) is 11.3 Å². The summed E-state index contributed by atoms with van der Waals surface area (Å²) in [6.45, 7) is 3.59. The number of hydrogen-bond acceptors (Lipinski definition) is 3. The zero-order valence-electron chi connectivity index (χ0n) is 13.3. The molecule has 0 unspecified atom stereocenters. The van der Waals surface area contributed by atoms with Crippen LogP contribution in [0, 0.1) is 17.6 Å². The number of amides is 2. The second kappa shape index (κ2) is 7.72. The third-order valence-electron chi connectivity index (χ3n) is 3.44. The van der Waals surface area contributed by atoms with Gasteiger partial charge >= 0.3 is 0 Å². The smallest absolute Gasteiger partial charge is 0.257 e. The van der Waals surface area contributed by atoms with E-state index in [1.54, 1.807) is 26.0 Å². The summed E-state index contributed by atoms with van der Waals surface area (Å²) < 4.78 is 32.5. The first-order chi connectivity index (χ1) is 11.4. The van der Waals surface area contributed by atoms with Gasteiger partial charge in [-0.1, -0.05) is 19.9 Å². The minimum Gasteiger partial charge on any atom is -0.467 e. The average Bonchev–Trinajstić information content (AvgIpc) is 3.03. The number of hydrogen-bond donors (Lipinski definition) is 2. The van der Waals surface area contributed by atoms with Crippen LogP contribution in [0.25, 0.3) is 0 Å². The van der Waals surface area contributed by atoms with Crippen molar-refractivity contribution in [2.24, 2.45) is 5.92 Å². The van der Waals surface area contributed by atoms with E-state index < -0.39 is 35.1 Å². The molecule has 7 heteroatoms. The summed E-state index contributed by atoms with van der Waals surface area (Å²) in [6.07, 6.45) is 1.48. The molecule has 1 heterocycles. The molecule has 128 valence electrons. The van der Waals surface area contributed by atoms with Crippen LogP contribution < -0.4 is 10.6 Å². The van der Waals surface area contributed by atoms with Gasteiger partial charge in [0, 0.05) is 0 Å². The van der Waals surface area contributed by atoms with Gasteiger partial charge in [0.2, 0.25) is 5.91 Å². The second-order valence-corrected chi connectivity index (χ2v) is 5.59. The molecule has 1 aromatic heterocycles. The van der Waals surface area contributed by atoms with Gasteiger partial charge < -0.3 is 15.1 Å². The Bertz CT molecular complexity index is 694. The minimum atomic E-state index is -0.981. The highest BCUT2D eigenvalue weighted by molar-refractivity contribution is 5.98. The minimum absolute atomic E-state index is 0.152. The maximum Gasteiger partial charge on any atom is 0.257 e. The van der Waals surface area contributed by atoms with Crippen LogP contribution >= 0.6 is 0 Å². The second-order valence-electron chi connectivity index (χ2n) is 5.59. The third kappa shape index (κ3) is 4.18. The molecule has 0 spiro atoms. The van der Waals surface area contributed by atoms with E-state index in [1.165, 1.54) is 6.26 Å². The number of halogens is 2. The van der Waals surface area contributed by atoms with E-state index in [1.807, 2.05) is 0 Å². The molecule has 0 bridgehead atoms. The maximum atomic E-state index is 13.7. The number of carbonyl (C=O) groups is 2. The Labute approximate surface area is 138 Å². The first-order valence-corrected chi connectivity index (χ1v) is 7.45. The van der Waals surface area contributed by atoms with E-state index >= 15 is 0 Å². The highest BCUT2D eigenvalue weighted by Gasteiger charge is 2.27. The number of nitrogens with one attached hydrogen (secondary N) is 2. The zero-order chi connectivity index (χ0) is 17.7. The highest BCUT2D eigenvalue weighted by Crippen LogP contribution is 2.13. The summed E-state index contributed by atoms with van der Waals surface area (Å²) in [5, 5.41) is 5.00. The summed E-state index contributed by atoms with van der Waals surface area (Å²) >= 11 is 0. The van der Waals surface area contributed by atoms with Crippen molar-refractivity contribution in [1.29, 1.82) is 0 Å². The molecule has 0 saturated carbocycles. The van der Waals surface area contributed by atoms with Crippen molar-refractivity contribution in [3.63, 3.8) is 0 Å². The Morgan fingerprint density at radius 3 is 2.33 bits per heavy atom. The lowest BCUT2D eigenvalue weighted by Gasteiger charge is -2.21. The first kappa shape index (κ1) is 17.7. The van der Waals surface area contributed by atoms with Crippen LogP contribution in [0.1, 0.15) is 30.0 Å². The van der Waals surface area contributed by atoms with Gasteiger partial charge in [-0.25, -0.2) is 8.78 Å². The van der Waals surface area contributed by atoms with Gasteiger partial charge in [0.1, 0.15) is 29.0 Å². The van der Waals surface area contributed by atoms with Gasteiger partial charge in [-0.15, -0.1) is 0 Å². The van der Waals surface area contributed by atoms with E-state index in [2.05, 4.69) is 10.6 Å². The van der Waals surface area contributed by atoms with Crippen molar-refractivity contribution in [3.05, 3.63) is 59.6 Å². The molecule has 0 aliphatic rings. The van der Waals surface area contributed by atoms with Crippen LogP contribution in [-0.4, -0.2) is 17.9 Å². The number of furan rings is 1. The SMILES string of the molecule is CC(C)[C@@H](NC(=O)c1c(F)cccc1F)C(=O)NCc1ccco1. The fourth-order valence-corrected chi connectivity index (χ4v) is 2.16. The number of rotatable bonds is 6. The topological polar surface area (TPSA) is 71.3 Å². The van der Waals surface area contributed by atoms with Gasteiger partial charge in [0.05, 0.1) is 12.8 Å². The summed E-state index contributed by atoms with van der Waals surface area (Å²) in [5.74, 6) is -3.13. The molecule has 0 fully saturated rings. The van der Waals surface area contributed by atoms with Crippen molar-refractivity contribution < 1.29 is 22.8 Å². The quantitative estimate of drug-likeness (QED) is 0.852. The molecular weight excluding hydrogens is 318 g/mol. The van der Waals surface area contributed by atoms with Gasteiger partial charge in [0.25, 0.3) is 5.91 Å².